The Balaban J connectivity index is 1.60. The topological polar surface area (TPSA) is 26.6 Å². The zero-order valence-electron chi connectivity index (χ0n) is 12.2. The fourth-order valence-electron chi connectivity index (χ4n) is 2.25. The number of aromatic nitrogens is 1. The molecule has 1 aliphatic heterocycles. The molecule has 0 saturated carbocycles. The number of morpholine rings is 1. The molecule has 0 radical (unpaired) electrons. The molecule has 1 aromatic heterocycles. The van der Waals surface area contributed by atoms with Gasteiger partial charge in [0.15, 0.2) is 0 Å². The Kier molecular flexibility index (Phi) is 5.56. The fourth-order valence-corrected chi connectivity index (χ4v) is 3.24. The summed E-state index contributed by atoms with van der Waals surface area (Å²) in [6, 6.07) is 8.23. The summed E-state index contributed by atoms with van der Waals surface area (Å²) in [5.41, 5.74) is 2.17. The molecule has 22 heavy (non-hydrogen) atoms. The van der Waals surface area contributed by atoms with Gasteiger partial charge < -0.3 is 9.64 Å². The van der Waals surface area contributed by atoms with Gasteiger partial charge in [0.1, 0.15) is 18.1 Å². The van der Waals surface area contributed by atoms with Crippen LogP contribution in [-0.4, -0.2) is 31.3 Å². The molecule has 0 bridgehead atoms. The highest BCUT2D eigenvalue weighted by molar-refractivity contribution is 9.10. The van der Waals surface area contributed by atoms with Crippen LogP contribution in [0, 0.1) is 0 Å². The summed E-state index contributed by atoms with van der Waals surface area (Å²) in [7, 11) is 0. The summed E-state index contributed by atoms with van der Waals surface area (Å²) in [6.07, 6.45) is 8.42. The highest BCUT2D eigenvalue weighted by Crippen LogP contribution is 2.24. The number of hydrogen-bond donors (Lipinski definition) is 1. The minimum atomic E-state index is 0.854. The van der Waals surface area contributed by atoms with Crippen molar-refractivity contribution in [2.75, 3.05) is 26.3 Å². The summed E-state index contributed by atoms with van der Waals surface area (Å²) in [5, 5.41) is 3.12. The van der Waals surface area contributed by atoms with Crippen molar-refractivity contribution in [3.05, 3.63) is 57.5 Å². The molecule has 3 nitrogen and oxygen atoms in total. The molecule has 1 aromatic carbocycles. The molecular formula is C17H18BrN2OS+. The van der Waals surface area contributed by atoms with Crippen LogP contribution in [-0.2, 0) is 4.74 Å². The van der Waals surface area contributed by atoms with E-state index in [1.54, 1.807) is 11.3 Å². The van der Waals surface area contributed by atoms with Gasteiger partial charge in [-0.25, -0.2) is 4.98 Å². The van der Waals surface area contributed by atoms with Gasteiger partial charge in [-0.2, -0.15) is 0 Å². The van der Waals surface area contributed by atoms with Crippen molar-refractivity contribution in [1.29, 1.82) is 0 Å². The molecular weight excluding hydrogens is 360 g/mol. The largest absolute Gasteiger partial charge is 0.370 e. The molecule has 0 spiro atoms. The predicted molar refractivity (Wildman–Crippen MR) is 94.9 cm³/mol. The first kappa shape index (κ1) is 15.6. The van der Waals surface area contributed by atoms with Crippen LogP contribution in [0.1, 0.15) is 5.01 Å². The number of allylic oxidation sites excluding steroid dienone is 2. The smallest absolute Gasteiger partial charge is 0.116 e. The molecule has 5 heteroatoms. The molecule has 0 aliphatic carbocycles. The second-order valence-electron chi connectivity index (χ2n) is 5.07. The third kappa shape index (κ3) is 4.36. The first-order valence-corrected chi connectivity index (χ1v) is 8.97. The van der Waals surface area contributed by atoms with Crippen LogP contribution in [0.3, 0.4) is 0 Å². The maximum Gasteiger partial charge on any atom is 0.116 e. The van der Waals surface area contributed by atoms with Crippen molar-refractivity contribution >= 4 is 33.3 Å². The van der Waals surface area contributed by atoms with Crippen LogP contribution < -0.4 is 4.90 Å². The molecule has 114 valence electrons. The highest BCUT2D eigenvalue weighted by Gasteiger charge is 2.09. The summed E-state index contributed by atoms with van der Waals surface area (Å²) < 4.78 is 6.43. The third-order valence-electron chi connectivity index (χ3n) is 3.48. The Labute approximate surface area is 143 Å². The zero-order chi connectivity index (χ0) is 15.2. The van der Waals surface area contributed by atoms with Crippen LogP contribution in [0.15, 0.2) is 52.5 Å². The van der Waals surface area contributed by atoms with Gasteiger partial charge in [-0.1, -0.05) is 34.1 Å². The number of nitrogens with one attached hydrogen (secondary N) is 1. The minimum Gasteiger partial charge on any atom is -0.370 e. The first-order chi connectivity index (χ1) is 10.8. The van der Waals surface area contributed by atoms with Gasteiger partial charge >= 0.3 is 0 Å². The number of nitrogens with zero attached hydrogens (tertiary/aromatic N) is 1. The average Bonchev–Trinajstić information content (AvgIpc) is 3.02. The molecule has 2 heterocycles. The molecule has 1 aliphatic rings. The summed E-state index contributed by atoms with van der Waals surface area (Å²) in [6.45, 7) is 3.81. The van der Waals surface area contributed by atoms with Crippen molar-refractivity contribution < 1.29 is 9.64 Å². The number of rotatable bonds is 4. The summed E-state index contributed by atoms with van der Waals surface area (Å²) in [4.78, 5) is 6.11. The molecule has 1 N–H and O–H groups in total. The van der Waals surface area contributed by atoms with Gasteiger partial charge in [0.2, 0.25) is 0 Å². The van der Waals surface area contributed by atoms with E-state index in [0.717, 1.165) is 47.0 Å². The lowest BCUT2D eigenvalue weighted by atomic mass is 10.2. The van der Waals surface area contributed by atoms with Crippen molar-refractivity contribution in [2.45, 2.75) is 0 Å². The lowest BCUT2D eigenvalue weighted by molar-refractivity contribution is -0.856. The van der Waals surface area contributed by atoms with E-state index in [2.05, 4.69) is 62.9 Å². The molecule has 1 saturated heterocycles. The maximum atomic E-state index is 5.34. The van der Waals surface area contributed by atoms with Crippen LogP contribution in [0.5, 0.6) is 0 Å². The highest BCUT2D eigenvalue weighted by atomic mass is 79.9. The van der Waals surface area contributed by atoms with E-state index in [1.165, 1.54) is 4.90 Å². The molecule has 3 rings (SSSR count). The molecule has 1 fully saturated rings. The van der Waals surface area contributed by atoms with Crippen molar-refractivity contribution in [3.8, 4) is 11.3 Å². The van der Waals surface area contributed by atoms with Crippen LogP contribution in [0.4, 0.5) is 0 Å². The molecule has 0 atom stereocenters. The lowest BCUT2D eigenvalue weighted by Crippen LogP contribution is -3.09. The van der Waals surface area contributed by atoms with E-state index in [4.69, 9.17) is 4.74 Å². The van der Waals surface area contributed by atoms with Gasteiger partial charge in [0, 0.05) is 15.4 Å². The average molecular weight is 378 g/mol. The van der Waals surface area contributed by atoms with E-state index in [0.29, 0.717) is 0 Å². The number of hydrogen-bond acceptors (Lipinski definition) is 3. The Hall–Kier alpha value is -1.27. The summed E-state index contributed by atoms with van der Waals surface area (Å²) >= 11 is 5.12. The van der Waals surface area contributed by atoms with E-state index in [9.17, 15) is 0 Å². The Morgan fingerprint density at radius 1 is 1.14 bits per heavy atom. The summed E-state index contributed by atoms with van der Waals surface area (Å²) in [5.74, 6) is 0. The Bertz CT molecular complexity index is 658. The quantitative estimate of drug-likeness (QED) is 0.828. The molecule has 0 amide bonds. The van der Waals surface area contributed by atoms with Gasteiger partial charge in [-0.15, -0.1) is 11.3 Å². The standard InChI is InChI=1S/C17H17BrN2OS/c18-15-6-4-14(5-7-15)16-13-22-17(19-16)3-1-2-8-20-9-11-21-12-10-20/h1-8,13H,9-12H2/p+1/b3-1+,8-2+. The van der Waals surface area contributed by atoms with Crippen molar-refractivity contribution in [1.82, 2.24) is 4.98 Å². The SMILES string of the molecule is Brc1ccc(-c2csc(/C=C/C=C/[NH+]3CCOCC3)n2)cc1. The second-order valence-corrected chi connectivity index (χ2v) is 6.87. The van der Waals surface area contributed by atoms with Crippen LogP contribution in [0.25, 0.3) is 17.3 Å². The number of halogens is 1. The van der Waals surface area contributed by atoms with Crippen molar-refractivity contribution in [3.63, 3.8) is 0 Å². The van der Waals surface area contributed by atoms with Gasteiger partial charge in [-0.05, 0) is 24.3 Å². The fraction of sp³-hybridized carbons (Fsp3) is 0.235. The number of thiazole rings is 1. The molecule has 2 aromatic rings. The Morgan fingerprint density at radius 2 is 1.91 bits per heavy atom. The number of benzene rings is 1. The second kappa shape index (κ2) is 7.83. The van der Waals surface area contributed by atoms with E-state index >= 15 is 0 Å². The van der Waals surface area contributed by atoms with Gasteiger partial charge in [0.25, 0.3) is 0 Å². The van der Waals surface area contributed by atoms with E-state index < -0.39 is 0 Å². The van der Waals surface area contributed by atoms with Gasteiger partial charge in [0.05, 0.1) is 25.1 Å². The van der Waals surface area contributed by atoms with Crippen LogP contribution >= 0.6 is 27.3 Å². The Morgan fingerprint density at radius 3 is 2.68 bits per heavy atom. The van der Waals surface area contributed by atoms with E-state index in [1.807, 2.05) is 12.1 Å². The number of ether oxygens (including phenoxy) is 1. The monoisotopic (exact) mass is 377 g/mol. The minimum absolute atomic E-state index is 0.854. The predicted octanol–water partition coefficient (Wildman–Crippen LogP) is 3.01. The van der Waals surface area contributed by atoms with Crippen molar-refractivity contribution in [2.24, 2.45) is 0 Å². The number of quaternary nitrogens is 1. The lowest BCUT2D eigenvalue weighted by Gasteiger charge is -2.19. The van der Waals surface area contributed by atoms with Gasteiger partial charge in [-0.3, -0.25) is 0 Å². The molecule has 0 unspecified atom stereocenters. The zero-order valence-corrected chi connectivity index (χ0v) is 14.6. The third-order valence-corrected chi connectivity index (χ3v) is 4.82. The van der Waals surface area contributed by atoms with Crippen LogP contribution in [0.2, 0.25) is 0 Å². The first-order valence-electron chi connectivity index (χ1n) is 7.30. The normalized spacial score (nSPS) is 16.8. The van der Waals surface area contributed by atoms with E-state index in [-0.39, 0.29) is 0 Å². The maximum absolute atomic E-state index is 5.34.